The number of phosphoric acid groups is 2. The Labute approximate surface area is 486 Å². The highest BCUT2D eigenvalue weighted by molar-refractivity contribution is 7.47. The van der Waals surface area contributed by atoms with E-state index in [-0.39, 0.29) is 25.7 Å². The predicted octanol–water partition coefficient (Wildman–Crippen LogP) is 16.8. The first-order valence-corrected chi connectivity index (χ1v) is 35.3. The maximum Gasteiger partial charge on any atom is 0.472 e. The van der Waals surface area contributed by atoms with E-state index in [9.17, 15) is 43.2 Å². The highest BCUT2D eigenvalue weighted by Gasteiger charge is 2.30. The summed E-state index contributed by atoms with van der Waals surface area (Å²) in [5, 5.41) is 10.5. The Morgan fingerprint density at radius 2 is 0.500 bits per heavy atom. The second-order valence-electron chi connectivity index (χ2n) is 22.1. The van der Waals surface area contributed by atoms with E-state index in [1.54, 1.807) is 0 Å². The zero-order valence-electron chi connectivity index (χ0n) is 51.0. The molecule has 0 saturated heterocycles. The van der Waals surface area contributed by atoms with Gasteiger partial charge in [0.25, 0.3) is 0 Å². The standard InChI is InChI=1S/C61H118O17P2/c1-5-9-13-17-21-24-26-27-29-32-36-40-44-48-61(66)78-57(52-72-59(64)46-42-38-34-31-28-25-22-18-14-10-6-2)54-76-80(69,70)74-50-55(62)49-73-79(67,68)75-53-56(51-71-58(63)45-41-37-33-20-16-12-8-4)77-60(65)47-43-39-35-30-23-19-15-11-7-3/h55-57,62H,5-54H2,1-4H3,(H,67,68)(H,69,70)/t55-,56+,57+/m0/s1. The van der Waals surface area contributed by atoms with Gasteiger partial charge in [0.1, 0.15) is 19.3 Å². The third kappa shape index (κ3) is 55.3. The lowest BCUT2D eigenvalue weighted by Gasteiger charge is -2.21. The van der Waals surface area contributed by atoms with Crippen LogP contribution in [0.5, 0.6) is 0 Å². The van der Waals surface area contributed by atoms with Gasteiger partial charge >= 0.3 is 39.5 Å². The van der Waals surface area contributed by atoms with Gasteiger partial charge in [0.2, 0.25) is 0 Å². The van der Waals surface area contributed by atoms with Crippen LogP contribution in [-0.2, 0) is 65.4 Å². The number of hydrogen-bond donors (Lipinski definition) is 3. The van der Waals surface area contributed by atoms with Crippen LogP contribution in [-0.4, -0.2) is 96.7 Å². The van der Waals surface area contributed by atoms with Crippen LogP contribution in [0.25, 0.3) is 0 Å². The molecule has 0 amide bonds. The summed E-state index contributed by atoms with van der Waals surface area (Å²) in [5.41, 5.74) is 0. The summed E-state index contributed by atoms with van der Waals surface area (Å²) in [4.78, 5) is 71.9. The lowest BCUT2D eigenvalue weighted by Crippen LogP contribution is -2.30. The molecule has 0 aromatic rings. The number of hydrogen-bond acceptors (Lipinski definition) is 15. The lowest BCUT2D eigenvalue weighted by molar-refractivity contribution is -0.161. The fourth-order valence-corrected chi connectivity index (χ4v) is 10.7. The van der Waals surface area contributed by atoms with E-state index >= 15 is 0 Å². The van der Waals surface area contributed by atoms with E-state index in [1.165, 1.54) is 128 Å². The summed E-state index contributed by atoms with van der Waals surface area (Å²) in [6.07, 6.45) is 40.3. The molecule has 0 saturated carbocycles. The number of ether oxygens (including phenoxy) is 4. The maximum absolute atomic E-state index is 12.9. The van der Waals surface area contributed by atoms with Gasteiger partial charge in [0.05, 0.1) is 26.4 Å². The second-order valence-corrected chi connectivity index (χ2v) is 25.0. The molecule has 3 N–H and O–H groups in total. The smallest absolute Gasteiger partial charge is 0.462 e. The maximum atomic E-state index is 12.9. The molecule has 0 aromatic carbocycles. The van der Waals surface area contributed by atoms with Crippen molar-refractivity contribution in [3.63, 3.8) is 0 Å². The minimum Gasteiger partial charge on any atom is -0.462 e. The number of unbranched alkanes of at least 4 members (excludes halogenated alkanes) is 36. The molecule has 0 radical (unpaired) electrons. The lowest BCUT2D eigenvalue weighted by atomic mass is 10.0. The summed E-state index contributed by atoms with van der Waals surface area (Å²) in [6.45, 7) is 4.82. The summed E-state index contributed by atoms with van der Waals surface area (Å²) in [6, 6.07) is 0. The van der Waals surface area contributed by atoms with Gasteiger partial charge in [-0.1, -0.05) is 259 Å². The number of carbonyl (C=O) groups excluding carboxylic acids is 4. The zero-order chi connectivity index (χ0) is 59.1. The van der Waals surface area contributed by atoms with Crippen molar-refractivity contribution in [2.45, 2.75) is 329 Å². The van der Waals surface area contributed by atoms with E-state index in [2.05, 4.69) is 27.7 Å². The molecule has 2 unspecified atom stereocenters. The molecule has 5 atom stereocenters. The molecular formula is C61H118O17P2. The highest BCUT2D eigenvalue weighted by atomic mass is 31.2. The average Bonchev–Trinajstić information content (AvgIpc) is 3.43. The monoisotopic (exact) mass is 1180 g/mol. The van der Waals surface area contributed by atoms with Crippen LogP contribution in [0.4, 0.5) is 0 Å². The average molecular weight is 1190 g/mol. The quantitative estimate of drug-likeness (QED) is 0.0222. The van der Waals surface area contributed by atoms with Crippen molar-refractivity contribution in [1.29, 1.82) is 0 Å². The van der Waals surface area contributed by atoms with Crippen molar-refractivity contribution in [2.24, 2.45) is 0 Å². The van der Waals surface area contributed by atoms with E-state index in [1.807, 2.05) is 0 Å². The van der Waals surface area contributed by atoms with Gasteiger partial charge in [-0.3, -0.25) is 37.3 Å². The van der Waals surface area contributed by atoms with Gasteiger partial charge in [-0.25, -0.2) is 9.13 Å². The Hall–Kier alpha value is -1.94. The summed E-state index contributed by atoms with van der Waals surface area (Å²) in [5.74, 6) is -2.14. The fraction of sp³-hybridized carbons (Fsp3) is 0.934. The Balaban J connectivity index is 5.20. The van der Waals surface area contributed by atoms with E-state index in [0.717, 1.165) is 103 Å². The summed E-state index contributed by atoms with van der Waals surface area (Å²) in [7, 11) is -9.87. The normalized spacial score (nSPS) is 14.2. The molecule has 0 aromatic heterocycles. The van der Waals surface area contributed by atoms with E-state index in [0.29, 0.717) is 25.7 Å². The minimum absolute atomic E-state index is 0.106. The summed E-state index contributed by atoms with van der Waals surface area (Å²) < 4.78 is 67.8. The van der Waals surface area contributed by atoms with Crippen molar-refractivity contribution in [3.05, 3.63) is 0 Å². The van der Waals surface area contributed by atoms with Crippen molar-refractivity contribution < 1.29 is 80.2 Å². The van der Waals surface area contributed by atoms with Crippen LogP contribution in [0.3, 0.4) is 0 Å². The SMILES string of the molecule is CCCCCCCCCCCCCCCC(=O)O[C@H](COC(=O)CCCCCCCCCCCCC)COP(=O)(O)OC[C@@H](O)COP(=O)(O)OC[C@@H](COC(=O)CCCCCCCCC)OC(=O)CCCCCCCCCCC. The second kappa shape index (κ2) is 56.2. The van der Waals surface area contributed by atoms with E-state index in [4.69, 9.17) is 37.0 Å². The minimum atomic E-state index is -4.94. The van der Waals surface area contributed by atoms with Crippen LogP contribution >= 0.6 is 15.6 Å². The predicted molar refractivity (Wildman–Crippen MR) is 317 cm³/mol. The molecule has 19 heteroatoms. The molecule has 0 heterocycles. The first-order chi connectivity index (χ1) is 38.7. The van der Waals surface area contributed by atoms with Crippen LogP contribution in [0.15, 0.2) is 0 Å². The topological polar surface area (TPSA) is 237 Å². The molecule has 0 fully saturated rings. The zero-order valence-corrected chi connectivity index (χ0v) is 52.8. The molecule has 0 bridgehead atoms. The molecule has 0 aliphatic rings. The molecule has 474 valence electrons. The molecule has 80 heavy (non-hydrogen) atoms. The first-order valence-electron chi connectivity index (χ1n) is 32.3. The van der Waals surface area contributed by atoms with Crippen molar-refractivity contribution >= 4 is 39.5 Å². The number of esters is 4. The van der Waals surface area contributed by atoms with Crippen molar-refractivity contribution in [2.75, 3.05) is 39.6 Å². The number of carbonyl (C=O) groups is 4. The van der Waals surface area contributed by atoms with Gasteiger partial charge in [0.15, 0.2) is 12.2 Å². The van der Waals surface area contributed by atoms with Gasteiger partial charge in [-0.15, -0.1) is 0 Å². The summed E-state index contributed by atoms with van der Waals surface area (Å²) >= 11 is 0. The van der Waals surface area contributed by atoms with Crippen molar-refractivity contribution in [1.82, 2.24) is 0 Å². The van der Waals surface area contributed by atoms with Crippen LogP contribution in [0.2, 0.25) is 0 Å². The molecule has 0 rings (SSSR count). The van der Waals surface area contributed by atoms with Gasteiger partial charge in [-0.05, 0) is 25.7 Å². The largest absolute Gasteiger partial charge is 0.472 e. The number of aliphatic hydroxyl groups is 1. The van der Waals surface area contributed by atoms with Gasteiger partial charge in [0, 0.05) is 25.7 Å². The molecule has 0 spiro atoms. The Morgan fingerprint density at radius 3 is 0.738 bits per heavy atom. The molecule has 17 nitrogen and oxygen atoms in total. The molecule has 0 aliphatic carbocycles. The van der Waals surface area contributed by atoms with Crippen LogP contribution in [0, 0.1) is 0 Å². The van der Waals surface area contributed by atoms with E-state index < -0.39 is 97.5 Å². The third-order valence-electron chi connectivity index (χ3n) is 14.1. The Bertz CT molecular complexity index is 1550. The number of phosphoric ester groups is 2. The Morgan fingerprint density at radius 1 is 0.300 bits per heavy atom. The number of aliphatic hydroxyl groups excluding tert-OH is 1. The highest BCUT2D eigenvalue weighted by Crippen LogP contribution is 2.45. The van der Waals surface area contributed by atoms with Gasteiger partial charge in [-0.2, -0.15) is 0 Å². The van der Waals surface area contributed by atoms with Crippen molar-refractivity contribution in [3.8, 4) is 0 Å². The molecule has 0 aliphatic heterocycles. The Kier molecular flexibility index (Phi) is 54.8. The molecular weight excluding hydrogens is 1070 g/mol. The van der Waals surface area contributed by atoms with Gasteiger partial charge < -0.3 is 33.8 Å². The first kappa shape index (κ1) is 78.1. The van der Waals surface area contributed by atoms with Crippen LogP contribution < -0.4 is 0 Å². The third-order valence-corrected chi connectivity index (χ3v) is 16.0. The van der Waals surface area contributed by atoms with Crippen LogP contribution in [0.1, 0.15) is 310 Å². The fourth-order valence-electron chi connectivity index (χ4n) is 9.10. The number of rotatable bonds is 62.